The second kappa shape index (κ2) is 8.32. The van der Waals surface area contributed by atoms with E-state index in [9.17, 15) is 9.59 Å². The highest BCUT2D eigenvalue weighted by Gasteiger charge is 2.27. The van der Waals surface area contributed by atoms with Gasteiger partial charge in [0.25, 0.3) is 5.91 Å². The van der Waals surface area contributed by atoms with E-state index in [4.69, 9.17) is 16.3 Å². The molecule has 7 heteroatoms. The number of thioether (sulfide) groups is 1. The summed E-state index contributed by atoms with van der Waals surface area (Å²) < 4.78 is 5.42. The van der Waals surface area contributed by atoms with E-state index in [1.165, 1.54) is 0 Å². The SMILES string of the molecule is CSc1ccc(Cl)c(C(=O)N2CCCN(C(=O)OC(C)(C)C)CC2)c1. The van der Waals surface area contributed by atoms with E-state index in [1.54, 1.807) is 27.6 Å². The van der Waals surface area contributed by atoms with Gasteiger partial charge in [0.2, 0.25) is 0 Å². The van der Waals surface area contributed by atoms with Gasteiger partial charge in [0.05, 0.1) is 10.6 Å². The van der Waals surface area contributed by atoms with Gasteiger partial charge in [-0.15, -0.1) is 11.8 Å². The number of halogens is 1. The number of carbonyl (C=O) groups is 2. The molecule has 0 atom stereocenters. The minimum atomic E-state index is -0.523. The lowest BCUT2D eigenvalue weighted by Crippen LogP contribution is -2.40. The van der Waals surface area contributed by atoms with Gasteiger partial charge >= 0.3 is 6.09 Å². The third-order valence-corrected chi connectivity index (χ3v) is 4.89. The average molecular weight is 385 g/mol. The van der Waals surface area contributed by atoms with Crippen molar-refractivity contribution in [1.82, 2.24) is 9.80 Å². The summed E-state index contributed by atoms with van der Waals surface area (Å²) in [4.78, 5) is 29.5. The lowest BCUT2D eigenvalue weighted by Gasteiger charge is -2.26. The second-order valence-electron chi connectivity index (χ2n) is 6.96. The van der Waals surface area contributed by atoms with Crippen molar-refractivity contribution in [2.45, 2.75) is 37.7 Å². The van der Waals surface area contributed by atoms with Gasteiger partial charge in [-0.25, -0.2) is 4.79 Å². The first kappa shape index (κ1) is 19.9. The number of rotatable bonds is 2. The third kappa shape index (κ3) is 5.54. The molecule has 0 saturated carbocycles. The number of ether oxygens (including phenoxy) is 1. The van der Waals surface area contributed by atoms with Crippen molar-refractivity contribution in [3.63, 3.8) is 0 Å². The fraction of sp³-hybridized carbons (Fsp3) is 0.556. The maximum Gasteiger partial charge on any atom is 0.410 e. The largest absolute Gasteiger partial charge is 0.444 e. The molecule has 0 spiro atoms. The molecule has 2 amide bonds. The minimum absolute atomic E-state index is 0.0908. The van der Waals surface area contributed by atoms with Crippen molar-refractivity contribution in [3.8, 4) is 0 Å². The Labute approximate surface area is 158 Å². The predicted molar refractivity (Wildman–Crippen MR) is 102 cm³/mol. The molecule has 25 heavy (non-hydrogen) atoms. The van der Waals surface area contributed by atoms with Crippen molar-refractivity contribution in [2.24, 2.45) is 0 Å². The van der Waals surface area contributed by atoms with Gasteiger partial charge in [-0.2, -0.15) is 0 Å². The molecule has 5 nitrogen and oxygen atoms in total. The Balaban J connectivity index is 2.05. The Morgan fingerprint density at radius 1 is 1.12 bits per heavy atom. The smallest absolute Gasteiger partial charge is 0.410 e. The van der Waals surface area contributed by atoms with E-state index < -0.39 is 5.60 Å². The molecule has 0 aliphatic carbocycles. The van der Waals surface area contributed by atoms with Crippen LogP contribution in [0.5, 0.6) is 0 Å². The zero-order chi connectivity index (χ0) is 18.6. The summed E-state index contributed by atoms with van der Waals surface area (Å²) in [5.74, 6) is -0.0908. The van der Waals surface area contributed by atoms with Gasteiger partial charge in [0, 0.05) is 31.1 Å². The van der Waals surface area contributed by atoms with Crippen LogP contribution in [0, 0.1) is 0 Å². The number of nitrogens with zero attached hydrogens (tertiary/aromatic N) is 2. The highest BCUT2D eigenvalue weighted by molar-refractivity contribution is 7.98. The Bertz CT molecular complexity index is 646. The average Bonchev–Trinajstić information content (AvgIpc) is 2.79. The maximum absolute atomic E-state index is 12.8. The van der Waals surface area contributed by atoms with E-state index in [0.717, 1.165) is 4.90 Å². The molecule has 1 aliphatic heterocycles. The summed E-state index contributed by atoms with van der Waals surface area (Å²) in [5.41, 5.74) is -0.00996. The summed E-state index contributed by atoms with van der Waals surface area (Å²) in [5, 5.41) is 0.455. The number of amides is 2. The molecule has 0 radical (unpaired) electrons. The third-order valence-electron chi connectivity index (χ3n) is 3.84. The van der Waals surface area contributed by atoms with E-state index in [2.05, 4.69) is 0 Å². The summed E-state index contributed by atoms with van der Waals surface area (Å²) in [6.07, 6.45) is 2.34. The van der Waals surface area contributed by atoms with Crippen LogP contribution in [-0.4, -0.2) is 59.8 Å². The van der Waals surface area contributed by atoms with Crippen LogP contribution >= 0.6 is 23.4 Å². The van der Waals surface area contributed by atoms with E-state index in [0.29, 0.717) is 43.2 Å². The van der Waals surface area contributed by atoms with Crippen LogP contribution in [0.2, 0.25) is 5.02 Å². The number of hydrogen-bond acceptors (Lipinski definition) is 4. The van der Waals surface area contributed by atoms with Gasteiger partial charge in [-0.3, -0.25) is 4.79 Å². The molecular weight excluding hydrogens is 360 g/mol. The van der Waals surface area contributed by atoms with Crippen LogP contribution in [0.15, 0.2) is 23.1 Å². The molecule has 0 unspecified atom stereocenters. The van der Waals surface area contributed by atoms with Crippen molar-refractivity contribution >= 4 is 35.4 Å². The van der Waals surface area contributed by atoms with Crippen molar-refractivity contribution in [1.29, 1.82) is 0 Å². The lowest BCUT2D eigenvalue weighted by molar-refractivity contribution is 0.0255. The van der Waals surface area contributed by atoms with Crippen LogP contribution in [-0.2, 0) is 4.74 Å². The van der Waals surface area contributed by atoms with E-state index in [-0.39, 0.29) is 12.0 Å². The van der Waals surface area contributed by atoms with Gasteiger partial charge in [-0.1, -0.05) is 11.6 Å². The van der Waals surface area contributed by atoms with Crippen LogP contribution in [0.1, 0.15) is 37.6 Å². The first-order valence-electron chi connectivity index (χ1n) is 8.32. The standard InChI is InChI=1S/C18H25ClN2O3S/c1-18(2,3)24-17(23)21-9-5-8-20(10-11-21)16(22)14-12-13(25-4)6-7-15(14)19/h6-7,12H,5,8-11H2,1-4H3. The zero-order valence-electron chi connectivity index (χ0n) is 15.2. The highest BCUT2D eigenvalue weighted by atomic mass is 35.5. The summed E-state index contributed by atoms with van der Waals surface area (Å²) >= 11 is 7.79. The molecule has 1 fully saturated rings. The lowest BCUT2D eigenvalue weighted by atomic mass is 10.2. The topological polar surface area (TPSA) is 49.9 Å². The molecule has 0 N–H and O–H groups in total. The van der Waals surface area contributed by atoms with Crippen LogP contribution < -0.4 is 0 Å². The van der Waals surface area contributed by atoms with Crippen LogP contribution in [0.3, 0.4) is 0 Å². The Hall–Kier alpha value is -1.40. The van der Waals surface area contributed by atoms with Crippen molar-refractivity contribution < 1.29 is 14.3 Å². The summed E-state index contributed by atoms with van der Waals surface area (Å²) in [7, 11) is 0. The molecule has 0 bridgehead atoms. The van der Waals surface area contributed by atoms with Gasteiger partial charge in [0.15, 0.2) is 0 Å². The van der Waals surface area contributed by atoms with Gasteiger partial charge in [0.1, 0.15) is 5.60 Å². The molecule has 2 rings (SSSR count). The first-order chi connectivity index (χ1) is 11.7. The first-order valence-corrected chi connectivity index (χ1v) is 9.92. The second-order valence-corrected chi connectivity index (χ2v) is 8.25. The zero-order valence-corrected chi connectivity index (χ0v) is 16.7. The Morgan fingerprint density at radius 2 is 1.76 bits per heavy atom. The number of carbonyl (C=O) groups excluding carboxylic acids is 2. The Kier molecular flexibility index (Phi) is 6.63. The van der Waals surface area contributed by atoms with Crippen molar-refractivity contribution in [3.05, 3.63) is 28.8 Å². The molecule has 1 aromatic rings. The molecule has 1 heterocycles. The normalized spacial score (nSPS) is 15.7. The quantitative estimate of drug-likeness (QED) is 0.719. The minimum Gasteiger partial charge on any atom is -0.444 e. The maximum atomic E-state index is 12.8. The van der Waals surface area contributed by atoms with Crippen LogP contribution in [0.25, 0.3) is 0 Å². The Morgan fingerprint density at radius 3 is 2.40 bits per heavy atom. The monoisotopic (exact) mass is 384 g/mol. The predicted octanol–water partition coefficient (Wildman–Crippen LogP) is 4.14. The number of benzene rings is 1. The fourth-order valence-corrected chi connectivity index (χ4v) is 3.23. The number of hydrogen-bond donors (Lipinski definition) is 0. The molecule has 1 aromatic carbocycles. The van der Waals surface area contributed by atoms with E-state index in [1.807, 2.05) is 39.2 Å². The van der Waals surface area contributed by atoms with Crippen LogP contribution in [0.4, 0.5) is 4.79 Å². The molecule has 1 saturated heterocycles. The molecule has 138 valence electrons. The highest BCUT2D eigenvalue weighted by Crippen LogP contribution is 2.24. The fourth-order valence-electron chi connectivity index (χ4n) is 2.60. The molecule has 0 aromatic heterocycles. The summed E-state index contributed by atoms with van der Waals surface area (Å²) in [6.45, 7) is 7.64. The summed E-state index contributed by atoms with van der Waals surface area (Å²) in [6, 6.07) is 5.48. The molecular formula is C18H25ClN2O3S. The van der Waals surface area contributed by atoms with E-state index >= 15 is 0 Å². The van der Waals surface area contributed by atoms with Gasteiger partial charge < -0.3 is 14.5 Å². The van der Waals surface area contributed by atoms with Crippen molar-refractivity contribution in [2.75, 3.05) is 32.4 Å². The van der Waals surface area contributed by atoms with Gasteiger partial charge in [-0.05, 0) is 51.6 Å². The molecule has 1 aliphatic rings.